The molecule has 0 bridgehead atoms. The highest BCUT2D eigenvalue weighted by molar-refractivity contribution is 5.52. The van der Waals surface area contributed by atoms with Gasteiger partial charge in [0.25, 0.3) is 0 Å². The molecular weight excluding hydrogens is 378 g/mol. The van der Waals surface area contributed by atoms with Crippen LogP contribution in [0, 0.1) is 23.7 Å². The Morgan fingerprint density at radius 3 is 2.39 bits per heavy atom. The van der Waals surface area contributed by atoms with Crippen LogP contribution in [0.15, 0.2) is 30.3 Å². The molecule has 5 unspecified atom stereocenters. The summed E-state index contributed by atoms with van der Waals surface area (Å²) in [5.41, 5.74) is 1.88. The van der Waals surface area contributed by atoms with E-state index in [0.717, 1.165) is 29.7 Å². The Morgan fingerprint density at radius 2 is 1.61 bits per heavy atom. The van der Waals surface area contributed by atoms with E-state index in [9.17, 15) is 0 Å². The SMILES string of the molecule is CCN1CC2CN(c3ccccc3)C3(CCN(C4CCC5CCCCC5C4)CC3)C2C1. The number of benzene rings is 1. The first kappa shape index (κ1) is 20.5. The van der Waals surface area contributed by atoms with Crippen LogP contribution < -0.4 is 4.90 Å². The maximum atomic E-state index is 2.94. The predicted octanol–water partition coefficient (Wildman–Crippen LogP) is 5.27. The van der Waals surface area contributed by atoms with Crippen LogP contribution in [-0.2, 0) is 0 Å². The summed E-state index contributed by atoms with van der Waals surface area (Å²) in [4.78, 5) is 8.56. The highest BCUT2D eigenvalue weighted by Crippen LogP contribution is 2.51. The molecule has 0 N–H and O–H groups in total. The van der Waals surface area contributed by atoms with Gasteiger partial charge in [-0.3, -0.25) is 0 Å². The number of anilines is 1. The van der Waals surface area contributed by atoms with E-state index in [-0.39, 0.29) is 0 Å². The summed E-state index contributed by atoms with van der Waals surface area (Å²) >= 11 is 0. The van der Waals surface area contributed by atoms with Crippen molar-refractivity contribution in [3.63, 3.8) is 0 Å². The number of rotatable bonds is 3. The molecule has 31 heavy (non-hydrogen) atoms. The third-order valence-corrected chi connectivity index (χ3v) is 10.4. The Bertz CT molecular complexity index is 740. The van der Waals surface area contributed by atoms with E-state index in [4.69, 9.17) is 0 Å². The van der Waals surface area contributed by atoms with E-state index < -0.39 is 0 Å². The molecule has 170 valence electrons. The van der Waals surface area contributed by atoms with Gasteiger partial charge in [0, 0.05) is 55.9 Å². The highest BCUT2D eigenvalue weighted by Gasteiger charge is 2.57. The number of fused-ring (bicyclic) bond motifs is 3. The fourth-order valence-electron chi connectivity index (χ4n) is 8.70. The molecule has 3 nitrogen and oxygen atoms in total. The number of para-hydroxylation sites is 1. The predicted molar refractivity (Wildman–Crippen MR) is 130 cm³/mol. The minimum absolute atomic E-state index is 0.397. The zero-order valence-electron chi connectivity index (χ0n) is 19.7. The molecule has 1 aromatic rings. The number of hydrogen-bond acceptors (Lipinski definition) is 3. The van der Waals surface area contributed by atoms with E-state index in [1.54, 1.807) is 0 Å². The number of likely N-dealkylation sites (tertiary alicyclic amines) is 2. The van der Waals surface area contributed by atoms with Gasteiger partial charge in [0.1, 0.15) is 0 Å². The average molecular weight is 422 g/mol. The monoisotopic (exact) mass is 421 g/mol. The van der Waals surface area contributed by atoms with Crippen LogP contribution in [0.5, 0.6) is 0 Å². The summed E-state index contributed by atoms with van der Waals surface area (Å²) in [6, 6.07) is 12.3. The molecule has 2 saturated carbocycles. The molecule has 5 atom stereocenters. The van der Waals surface area contributed by atoms with Gasteiger partial charge in [-0.1, -0.05) is 50.8 Å². The van der Waals surface area contributed by atoms with E-state index in [1.807, 2.05) is 0 Å². The molecule has 3 saturated heterocycles. The first-order valence-corrected chi connectivity index (χ1v) is 13.6. The number of piperidine rings is 1. The third kappa shape index (κ3) is 3.55. The lowest BCUT2D eigenvalue weighted by Crippen LogP contribution is -2.58. The Kier molecular flexibility index (Phi) is 5.55. The average Bonchev–Trinajstić information content (AvgIpc) is 3.38. The summed E-state index contributed by atoms with van der Waals surface area (Å²) in [5, 5.41) is 0. The molecule has 6 rings (SSSR count). The lowest BCUT2D eigenvalue weighted by atomic mass is 9.68. The van der Waals surface area contributed by atoms with Crippen molar-refractivity contribution >= 4 is 5.69 Å². The van der Waals surface area contributed by atoms with Crippen LogP contribution >= 0.6 is 0 Å². The van der Waals surface area contributed by atoms with E-state index >= 15 is 0 Å². The molecule has 1 aromatic carbocycles. The minimum atomic E-state index is 0.397. The molecule has 1 spiro atoms. The van der Waals surface area contributed by atoms with Gasteiger partial charge < -0.3 is 14.7 Å². The Balaban J connectivity index is 1.19. The van der Waals surface area contributed by atoms with Crippen LogP contribution in [0.4, 0.5) is 5.69 Å². The van der Waals surface area contributed by atoms with Gasteiger partial charge >= 0.3 is 0 Å². The fourth-order valence-corrected chi connectivity index (χ4v) is 8.70. The van der Waals surface area contributed by atoms with Crippen LogP contribution in [0.2, 0.25) is 0 Å². The Hall–Kier alpha value is -1.06. The zero-order valence-corrected chi connectivity index (χ0v) is 19.7. The maximum absolute atomic E-state index is 2.94. The second-order valence-corrected chi connectivity index (χ2v) is 11.6. The normalized spacial score (nSPS) is 38.4. The van der Waals surface area contributed by atoms with Gasteiger partial charge in [-0.25, -0.2) is 0 Å². The molecule has 5 fully saturated rings. The van der Waals surface area contributed by atoms with Gasteiger partial charge in [0.2, 0.25) is 0 Å². The van der Waals surface area contributed by atoms with Crippen LogP contribution in [0.3, 0.4) is 0 Å². The van der Waals surface area contributed by atoms with Crippen molar-refractivity contribution < 1.29 is 0 Å². The van der Waals surface area contributed by atoms with E-state index in [0.29, 0.717) is 5.54 Å². The van der Waals surface area contributed by atoms with E-state index in [1.165, 1.54) is 103 Å². The second kappa shape index (κ2) is 8.37. The smallest absolute Gasteiger partial charge is 0.0470 e. The third-order valence-electron chi connectivity index (χ3n) is 10.4. The molecule has 3 heteroatoms. The van der Waals surface area contributed by atoms with Crippen molar-refractivity contribution in [2.24, 2.45) is 23.7 Å². The molecule has 0 aromatic heterocycles. The molecule has 5 aliphatic rings. The van der Waals surface area contributed by atoms with Crippen molar-refractivity contribution in [1.29, 1.82) is 0 Å². The molecule has 3 aliphatic heterocycles. The van der Waals surface area contributed by atoms with Crippen molar-refractivity contribution in [3.8, 4) is 0 Å². The van der Waals surface area contributed by atoms with Gasteiger partial charge in [0.15, 0.2) is 0 Å². The zero-order chi connectivity index (χ0) is 20.8. The molecule has 3 heterocycles. The first-order chi connectivity index (χ1) is 15.3. The number of hydrogen-bond donors (Lipinski definition) is 0. The summed E-state index contributed by atoms with van der Waals surface area (Å²) in [7, 11) is 0. The summed E-state index contributed by atoms with van der Waals surface area (Å²) in [5.74, 6) is 3.85. The summed E-state index contributed by atoms with van der Waals surface area (Å²) in [6.07, 6.45) is 13.3. The van der Waals surface area contributed by atoms with Gasteiger partial charge in [-0.15, -0.1) is 0 Å². The Labute approximate surface area is 190 Å². The van der Waals surface area contributed by atoms with Crippen molar-refractivity contribution in [2.75, 3.05) is 44.2 Å². The number of nitrogens with zero attached hydrogens (tertiary/aromatic N) is 3. The summed E-state index contributed by atoms with van der Waals surface area (Å²) in [6.45, 7) is 10.2. The van der Waals surface area contributed by atoms with Crippen LogP contribution in [0.1, 0.15) is 64.7 Å². The first-order valence-electron chi connectivity index (χ1n) is 13.6. The van der Waals surface area contributed by atoms with Crippen molar-refractivity contribution in [3.05, 3.63) is 30.3 Å². The Morgan fingerprint density at radius 1 is 0.839 bits per heavy atom. The van der Waals surface area contributed by atoms with Crippen LogP contribution in [0.25, 0.3) is 0 Å². The molecule has 2 aliphatic carbocycles. The van der Waals surface area contributed by atoms with Gasteiger partial charge in [-0.2, -0.15) is 0 Å². The van der Waals surface area contributed by atoms with Crippen molar-refractivity contribution in [1.82, 2.24) is 9.80 Å². The molecule has 0 amide bonds. The topological polar surface area (TPSA) is 9.72 Å². The maximum Gasteiger partial charge on any atom is 0.0470 e. The fraction of sp³-hybridized carbons (Fsp3) is 0.786. The minimum Gasteiger partial charge on any atom is -0.365 e. The lowest BCUT2D eigenvalue weighted by molar-refractivity contribution is 0.0381. The van der Waals surface area contributed by atoms with Gasteiger partial charge in [0.05, 0.1) is 0 Å². The molecular formula is C28H43N3. The van der Waals surface area contributed by atoms with Crippen molar-refractivity contribution in [2.45, 2.75) is 76.3 Å². The van der Waals surface area contributed by atoms with Crippen LogP contribution in [-0.4, -0.2) is 60.6 Å². The standard InChI is InChI=1S/C28H43N3/c1-2-29-19-24-20-31(25-10-4-3-5-11-25)28(27(24)21-29)14-16-30(17-15-28)26-13-12-22-8-6-7-9-23(22)18-26/h3-5,10-11,22-24,26-27H,2,6-9,12-21H2,1H3. The summed E-state index contributed by atoms with van der Waals surface area (Å²) < 4.78 is 0. The van der Waals surface area contributed by atoms with Gasteiger partial charge in [-0.05, 0) is 68.5 Å². The quantitative estimate of drug-likeness (QED) is 0.658. The van der Waals surface area contributed by atoms with E-state index in [2.05, 4.69) is 52.0 Å². The lowest BCUT2D eigenvalue weighted by Gasteiger charge is -2.52. The largest absolute Gasteiger partial charge is 0.365 e. The molecule has 0 radical (unpaired) electrons. The highest BCUT2D eigenvalue weighted by atomic mass is 15.3. The second-order valence-electron chi connectivity index (χ2n) is 11.6.